The Bertz CT molecular complexity index is 1880. The number of aromatic nitrogens is 5. The molecule has 1 atom stereocenters. The third kappa shape index (κ3) is 9.80. The van der Waals surface area contributed by atoms with Gasteiger partial charge in [-0.3, -0.25) is 24.3 Å². The number of hydrogen-bond acceptors (Lipinski definition) is 10. The van der Waals surface area contributed by atoms with E-state index in [0.717, 1.165) is 105 Å². The standard InChI is InChI=1S/C41H52N10O4/c1-26-22-36(40(53)44-33-14-16-34(17-15-33)51-18-20-55-21-19-51)43-25-35(26)29-6-2-27(3-7-29)23-37(46-39(52)31-8-4-28(24-42)5-9-31)41(54)45-32-12-10-30(11-13-32)38-47-49-50-48-38/h2-3,6-7,10-13,22,25,28,31,33-34,37H,4-5,8-9,14-21,23-24,42H2,1H3,(H,44,53)(H,45,54)(H,46,52)(H,47,48,49,50). The average Bonchev–Trinajstić information content (AvgIpc) is 3.77. The number of tetrazole rings is 1. The van der Waals surface area contributed by atoms with E-state index in [1.54, 1.807) is 30.5 Å². The largest absolute Gasteiger partial charge is 0.379 e. The summed E-state index contributed by atoms with van der Waals surface area (Å²) in [6.07, 6.45) is 9.51. The Morgan fingerprint density at radius 2 is 1.64 bits per heavy atom. The van der Waals surface area contributed by atoms with Crippen molar-refractivity contribution in [1.29, 1.82) is 0 Å². The molecule has 2 aliphatic carbocycles. The summed E-state index contributed by atoms with van der Waals surface area (Å²) in [6.45, 7) is 6.22. The molecule has 3 fully saturated rings. The van der Waals surface area contributed by atoms with Crippen LogP contribution in [0.15, 0.2) is 60.8 Å². The number of ether oxygens (including phenoxy) is 1. The summed E-state index contributed by atoms with van der Waals surface area (Å²) in [4.78, 5) is 47.5. The number of hydrogen-bond donors (Lipinski definition) is 5. The van der Waals surface area contributed by atoms with Crippen LogP contribution in [0.2, 0.25) is 0 Å². The van der Waals surface area contributed by atoms with Crippen molar-refractivity contribution < 1.29 is 19.1 Å². The summed E-state index contributed by atoms with van der Waals surface area (Å²) < 4.78 is 5.51. The molecule has 4 aromatic rings. The summed E-state index contributed by atoms with van der Waals surface area (Å²) >= 11 is 0. The number of nitrogens with one attached hydrogen (secondary N) is 4. The number of nitrogens with zero attached hydrogens (tertiary/aromatic N) is 5. The summed E-state index contributed by atoms with van der Waals surface area (Å²) in [5.41, 5.74) is 11.4. The molecule has 3 amide bonds. The number of carbonyl (C=O) groups is 3. The van der Waals surface area contributed by atoms with Crippen LogP contribution in [0.4, 0.5) is 5.69 Å². The first-order valence-corrected chi connectivity index (χ1v) is 19.7. The zero-order chi connectivity index (χ0) is 38.1. The average molecular weight is 749 g/mol. The fourth-order valence-corrected chi connectivity index (χ4v) is 8.20. The fourth-order valence-electron chi connectivity index (χ4n) is 8.20. The highest BCUT2D eigenvalue weighted by molar-refractivity contribution is 5.98. The lowest BCUT2D eigenvalue weighted by Crippen LogP contribution is -2.48. The highest BCUT2D eigenvalue weighted by Gasteiger charge is 2.30. The number of H-pyrrole nitrogens is 1. The maximum absolute atomic E-state index is 13.7. The molecule has 14 nitrogen and oxygen atoms in total. The lowest BCUT2D eigenvalue weighted by Gasteiger charge is -2.38. The summed E-state index contributed by atoms with van der Waals surface area (Å²) in [5.74, 6) is 0.203. The maximum atomic E-state index is 13.7. The minimum Gasteiger partial charge on any atom is -0.379 e. The second-order valence-corrected chi connectivity index (χ2v) is 15.2. The van der Waals surface area contributed by atoms with Gasteiger partial charge in [-0.1, -0.05) is 24.3 Å². The number of carbonyl (C=O) groups excluding carboxylic acids is 3. The molecule has 2 aromatic carbocycles. The lowest BCUT2D eigenvalue weighted by atomic mass is 9.81. The van der Waals surface area contributed by atoms with E-state index in [9.17, 15) is 14.4 Å². The molecule has 0 bridgehead atoms. The molecule has 2 saturated carbocycles. The van der Waals surface area contributed by atoms with Gasteiger partial charge in [-0.15, -0.1) is 10.2 Å². The zero-order valence-corrected chi connectivity index (χ0v) is 31.5. The van der Waals surface area contributed by atoms with Crippen LogP contribution in [0.1, 0.15) is 73.0 Å². The van der Waals surface area contributed by atoms with E-state index in [1.165, 1.54) is 0 Å². The van der Waals surface area contributed by atoms with E-state index in [0.29, 0.717) is 42.1 Å². The van der Waals surface area contributed by atoms with Crippen LogP contribution < -0.4 is 21.7 Å². The number of rotatable bonds is 12. The number of benzene rings is 2. The molecular formula is C41H52N10O4. The van der Waals surface area contributed by atoms with Crippen LogP contribution in [0.3, 0.4) is 0 Å². The van der Waals surface area contributed by atoms with Gasteiger partial charge in [-0.05, 0) is 123 Å². The molecule has 1 aliphatic heterocycles. The Morgan fingerprint density at radius 1 is 0.927 bits per heavy atom. The molecular weight excluding hydrogens is 697 g/mol. The summed E-state index contributed by atoms with van der Waals surface area (Å²) in [5, 5.41) is 23.3. The van der Waals surface area contributed by atoms with Crippen LogP contribution in [0.5, 0.6) is 0 Å². The molecule has 1 saturated heterocycles. The molecule has 1 unspecified atom stereocenters. The summed E-state index contributed by atoms with van der Waals surface area (Å²) in [7, 11) is 0. The molecule has 0 radical (unpaired) electrons. The van der Waals surface area contributed by atoms with Gasteiger partial charge in [0.1, 0.15) is 11.7 Å². The highest BCUT2D eigenvalue weighted by atomic mass is 16.5. The van der Waals surface area contributed by atoms with E-state index in [4.69, 9.17) is 10.5 Å². The first-order valence-electron chi connectivity index (χ1n) is 19.7. The summed E-state index contributed by atoms with van der Waals surface area (Å²) in [6, 6.07) is 16.9. The van der Waals surface area contributed by atoms with Gasteiger partial charge in [0.15, 0.2) is 0 Å². The zero-order valence-electron chi connectivity index (χ0n) is 31.5. The van der Waals surface area contributed by atoms with Crippen molar-refractivity contribution >= 4 is 23.4 Å². The van der Waals surface area contributed by atoms with Crippen LogP contribution in [-0.2, 0) is 20.7 Å². The predicted octanol–water partition coefficient (Wildman–Crippen LogP) is 4.04. The van der Waals surface area contributed by atoms with Gasteiger partial charge < -0.3 is 26.4 Å². The topological polar surface area (TPSA) is 193 Å². The van der Waals surface area contributed by atoms with Crippen LogP contribution in [-0.4, -0.2) is 99.2 Å². The van der Waals surface area contributed by atoms with Crippen LogP contribution in [0.25, 0.3) is 22.5 Å². The minimum atomic E-state index is -0.793. The number of aromatic amines is 1. The third-order valence-electron chi connectivity index (χ3n) is 11.6. The Balaban J connectivity index is 0.980. The van der Waals surface area contributed by atoms with Crippen molar-refractivity contribution in [2.24, 2.45) is 17.6 Å². The first-order chi connectivity index (χ1) is 26.8. The van der Waals surface area contributed by atoms with E-state index in [-0.39, 0.29) is 29.7 Å². The third-order valence-corrected chi connectivity index (χ3v) is 11.6. The van der Waals surface area contributed by atoms with Crippen molar-refractivity contribution in [3.05, 3.63) is 77.6 Å². The van der Waals surface area contributed by atoms with Crippen molar-refractivity contribution in [1.82, 2.24) is 41.1 Å². The number of pyridine rings is 1. The smallest absolute Gasteiger partial charge is 0.270 e. The van der Waals surface area contributed by atoms with Crippen molar-refractivity contribution in [2.45, 2.75) is 82.8 Å². The minimum absolute atomic E-state index is 0.105. The second-order valence-electron chi connectivity index (χ2n) is 15.2. The fraction of sp³-hybridized carbons (Fsp3) is 0.488. The molecule has 14 heteroatoms. The first kappa shape index (κ1) is 38.2. The van der Waals surface area contributed by atoms with Crippen LogP contribution in [0, 0.1) is 18.8 Å². The predicted molar refractivity (Wildman–Crippen MR) is 209 cm³/mol. The molecule has 3 heterocycles. The Hall–Kier alpha value is -5.05. The number of morpholine rings is 1. The van der Waals surface area contributed by atoms with Gasteiger partial charge in [-0.2, -0.15) is 5.21 Å². The van der Waals surface area contributed by atoms with Crippen LogP contribution >= 0.6 is 0 Å². The van der Waals surface area contributed by atoms with Crippen molar-refractivity contribution in [3.8, 4) is 22.5 Å². The number of aryl methyl sites for hydroxylation is 1. The highest BCUT2D eigenvalue weighted by Crippen LogP contribution is 2.29. The Kier molecular flexibility index (Phi) is 12.6. The Labute approximate surface area is 321 Å². The normalized spacial score (nSPS) is 22.4. The van der Waals surface area contributed by atoms with Gasteiger partial charge in [0, 0.05) is 60.5 Å². The molecule has 2 aromatic heterocycles. The van der Waals surface area contributed by atoms with E-state index < -0.39 is 6.04 Å². The van der Waals surface area contributed by atoms with Gasteiger partial charge in [0.2, 0.25) is 17.6 Å². The van der Waals surface area contributed by atoms with E-state index in [2.05, 4.69) is 46.5 Å². The van der Waals surface area contributed by atoms with Crippen molar-refractivity contribution in [2.75, 3.05) is 38.2 Å². The Morgan fingerprint density at radius 3 is 2.29 bits per heavy atom. The molecule has 290 valence electrons. The number of anilines is 1. The quantitative estimate of drug-likeness (QED) is 0.141. The molecule has 6 N–H and O–H groups in total. The van der Waals surface area contributed by atoms with Gasteiger partial charge >= 0.3 is 0 Å². The van der Waals surface area contributed by atoms with E-state index in [1.807, 2.05) is 37.3 Å². The van der Waals surface area contributed by atoms with Gasteiger partial charge in [-0.25, -0.2) is 0 Å². The number of nitrogens with two attached hydrogens (primary N) is 1. The molecule has 3 aliphatic rings. The maximum Gasteiger partial charge on any atom is 0.270 e. The van der Waals surface area contributed by atoms with Gasteiger partial charge in [0.05, 0.1) is 13.2 Å². The molecule has 0 spiro atoms. The monoisotopic (exact) mass is 748 g/mol. The number of amides is 3. The molecule has 7 rings (SSSR count). The van der Waals surface area contributed by atoms with Gasteiger partial charge in [0.25, 0.3) is 5.91 Å². The van der Waals surface area contributed by atoms with E-state index >= 15 is 0 Å². The SMILES string of the molecule is Cc1cc(C(=O)NC2CCC(N3CCOCC3)CC2)ncc1-c1ccc(CC(NC(=O)C2CCC(CN)CC2)C(=O)Nc2ccc(-c3nn[nH]n3)cc2)cc1. The second kappa shape index (κ2) is 18.1. The van der Waals surface area contributed by atoms with Crippen molar-refractivity contribution in [3.63, 3.8) is 0 Å². The molecule has 55 heavy (non-hydrogen) atoms. The lowest BCUT2D eigenvalue weighted by molar-refractivity contribution is -0.130.